The monoisotopic (exact) mass is 244 g/mol. The Bertz CT molecular complexity index is 544. The first kappa shape index (κ1) is 11.4. The van der Waals surface area contributed by atoms with Crippen molar-refractivity contribution in [3.05, 3.63) is 36.4 Å². The van der Waals surface area contributed by atoms with Crippen LogP contribution in [0.15, 0.2) is 36.4 Å². The molecule has 0 aromatic heterocycles. The van der Waals surface area contributed by atoms with Crippen LogP contribution in [0.5, 0.6) is 11.5 Å². The van der Waals surface area contributed by atoms with Crippen LogP contribution in [0.2, 0.25) is 0 Å². The molecule has 1 heterocycles. The Kier molecular flexibility index (Phi) is 3.07. The van der Waals surface area contributed by atoms with Crippen LogP contribution in [-0.2, 0) is 4.74 Å². The predicted molar refractivity (Wildman–Crippen MR) is 70.0 cm³/mol. The van der Waals surface area contributed by atoms with E-state index in [1.54, 1.807) is 12.1 Å². The molecular weight excluding hydrogens is 228 g/mol. The number of hydrogen-bond donors (Lipinski definition) is 1. The van der Waals surface area contributed by atoms with Crippen LogP contribution < -0.4 is 4.74 Å². The van der Waals surface area contributed by atoms with Gasteiger partial charge < -0.3 is 14.6 Å². The maximum absolute atomic E-state index is 9.47. The first-order chi connectivity index (χ1) is 8.81. The predicted octanol–water partition coefficient (Wildman–Crippen LogP) is 2.96. The summed E-state index contributed by atoms with van der Waals surface area (Å²) in [7, 11) is 0. The lowest BCUT2D eigenvalue weighted by molar-refractivity contribution is 0.167. The molecule has 94 valence electrons. The molecule has 3 rings (SSSR count). The minimum absolute atomic E-state index is 0.281. The van der Waals surface area contributed by atoms with Gasteiger partial charge in [-0.2, -0.15) is 0 Å². The molecule has 1 atom stereocenters. The molecule has 2 aromatic rings. The van der Waals surface area contributed by atoms with Crippen LogP contribution in [0, 0.1) is 5.92 Å². The molecule has 3 nitrogen and oxygen atoms in total. The Labute approximate surface area is 106 Å². The second kappa shape index (κ2) is 4.86. The summed E-state index contributed by atoms with van der Waals surface area (Å²) in [6, 6.07) is 11.3. The van der Waals surface area contributed by atoms with Gasteiger partial charge in [0.25, 0.3) is 0 Å². The standard InChI is InChI=1S/C15H16O3/c16-14-3-1-12-2-4-15(8-13(12)7-14)18-10-11-5-6-17-9-11/h1-4,7-8,11,16H,5-6,9-10H2. The number of ether oxygens (including phenoxy) is 2. The average Bonchev–Trinajstić information content (AvgIpc) is 2.89. The van der Waals surface area contributed by atoms with E-state index in [9.17, 15) is 5.11 Å². The Balaban J connectivity index is 1.75. The highest BCUT2D eigenvalue weighted by molar-refractivity contribution is 5.85. The molecule has 1 fully saturated rings. The van der Waals surface area contributed by atoms with Crippen molar-refractivity contribution >= 4 is 10.8 Å². The quantitative estimate of drug-likeness (QED) is 0.902. The summed E-state index contributed by atoms with van der Waals surface area (Å²) in [5.41, 5.74) is 0. The average molecular weight is 244 g/mol. The lowest BCUT2D eigenvalue weighted by Crippen LogP contribution is -2.11. The van der Waals surface area contributed by atoms with Crippen molar-refractivity contribution in [2.75, 3.05) is 19.8 Å². The summed E-state index contributed by atoms with van der Waals surface area (Å²) in [6.07, 6.45) is 1.08. The molecule has 0 spiro atoms. The van der Waals surface area contributed by atoms with E-state index in [2.05, 4.69) is 0 Å². The van der Waals surface area contributed by atoms with Crippen LogP contribution in [0.25, 0.3) is 10.8 Å². The van der Waals surface area contributed by atoms with Gasteiger partial charge in [0.1, 0.15) is 11.5 Å². The van der Waals surface area contributed by atoms with Crippen molar-refractivity contribution in [3.63, 3.8) is 0 Å². The maximum Gasteiger partial charge on any atom is 0.119 e. The zero-order valence-corrected chi connectivity index (χ0v) is 10.1. The molecule has 0 saturated carbocycles. The van der Waals surface area contributed by atoms with E-state index in [0.29, 0.717) is 12.5 Å². The lowest BCUT2D eigenvalue weighted by atomic mass is 10.1. The minimum atomic E-state index is 0.281. The highest BCUT2D eigenvalue weighted by Gasteiger charge is 2.16. The normalized spacial score (nSPS) is 19.2. The molecule has 2 aromatic carbocycles. The molecule has 1 aliphatic heterocycles. The van der Waals surface area contributed by atoms with Crippen molar-refractivity contribution in [2.24, 2.45) is 5.92 Å². The third-order valence-electron chi connectivity index (χ3n) is 3.30. The highest BCUT2D eigenvalue weighted by atomic mass is 16.5. The molecule has 0 aliphatic carbocycles. The molecule has 0 radical (unpaired) electrons. The topological polar surface area (TPSA) is 38.7 Å². The van der Waals surface area contributed by atoms with E-state index < -0.39 is 0 Å². The number of rotatable bonds is 3. The van der Waals surface area contributed by atoms with E-state index >= 15 is 0 Å². The van der Waals surface area contributed by atoms with Gasteiger partial charge in [-0.3, -0.25) is 0 Å². The van der Waals surface area contributed by atoms with Crippen LogP contribution in [-0.4, -0.2) is 24.9 Å². The second-order valence-electron chi connectivity index (χ2n) is 4.73. The first-order valence-electron chi connectivity index (χ1n) is 6.24. The fourth-order valence-corrected chi connectivity index (χ4v) is 2.23. The van der Waals surface area contributed by atoms with Gasteiger partial charge in [-0.1, -0.05) is 12.1 Å². The smallest absolute Gasteiger partial charge is 0.119 e. The fourth-order valence-electron chi connectivity index (χ4n) is 2.23. The lowest BCUT2D eigenvalue weighted by Gasteiger charge is -2.11. The van der Waals surface area contributed by atoms with Gasteiger partial charge in [0.15, 0.2) is 0 Å². The SMILES string of the molecule is Oc1ccc2ccc(OCC3CCOC3)cc2c1. The molecular formula is C15H16O3. The molecule has 0 bridgehead atoms. The van der Waals surface area contributed by atoms with E-state index in [4.69, 9.17) is 9.47 Å². The van der Waals surface area contributed by atoms with E-state index in [1.165, 1.54) is 0 Å². The van der Waals surface area contributed by atoms with Crippen molar-refractivity contribution in [1.82, 2.24) is 0 Å². The third-order valence-corrected chi connectivity index (χ3v) is 3.30. The summed E-state index contributed by atoms with van der Waals surface area (Å²) in [5.74, 6) is 1.63. The molecule has 3 heteroatoms. The van der Waals surface area contributed by atoms with Crippen molar-refractivity contribution in [2.45, 2.75) is 6.42 Å². The highest BCUT2D eigenvalue weighted by Crippen LogP contribution is 2.25. The van der Waals surface area contributed by atoms with Gasteiger partial charge >= 0.3 is 0 Å². The number of aromatic hydroxyl groups is 1. The van der Waals surface area contributed by atoms with Crippen molar-refractivity contribution < 1.29 is 14.6 Å². The number of hydrogen-bond acceptors (Lipinski definition) is 3. The van der Waals surface area contributed by atoms with Gasteiger partial charge in [0, 0.05) is 12.5 Å². The zero-order valence-electron chi connectivity index (χ0n) is 10.1. The number of benzene rings is 2. The van der Waals surface area contributed by atoms with Crippen LogP contribution in [0.1, 0.15) is 6.42 Å². The summed E-state index contributed by atoms with van der Waals surface area (Å²) in [4.78, 5) is 0. The zero-order chi connectivity index (χ0) is 12.4. The second-order valence-corrected chi connectivity index (χ2v) is 4.73. The first-order valence-corrected chi connectivity index (χ1v) is 6.24. The Morgan fingerprint density at radius 2 is 2.06 bits per heavy atom. The van der Waals surface area contributed by atoms with Crippen molar-refractivity contribution in [1.29, 1.82) is 0 Å². The third kappa shape index (κ3) is 2.41. The Hall–Kier alpha value is -1.74. The summed E-state index contributed by atoms with van der Waals surface area (Å²) >= 11 is 0. The summed E-state index contributed by atoms with van der Waals surface area (Å²) in [5, 5.41) is 11.6. The molecule has 1 unspecified atom stereocenters. The summed E-state index contributed by atoms with van der Waals surface area (Å²) in [6.45, 7) is 2.35. The van der Waals surface area contributed by atoms with Gasteiger partial charge in [-0.05, 0) is 41.5 Å². The van der Waals surface area contributed by atoms with Crippen LogP contribution in [0.4, 0.5) is 0 Å². The molecule has 1 aliphatic rings. The number of phenolic OH excluding ortho intramolecular Hbond substituents is 1. The molecule has 18 heavy (non-hydrogen) atoms. The van der Waals surface area contributed by atoms with E-state index in [1.807, 2.05) is 24.3 Å². The molecule has 1 saturated heterocycles. The largest absolute Gasteiger partial charge is 0.508 e. The number of fused-ring (bicyclic) bond motifs is 1. The number of phenols is 1. The van der Waals surface area contributed by atoms with E-state index in [-0.39, 0.29) is 5.75 Å². The fraction of sp³-hybridized carbons (Fsp3) is 0.333. The molecule has 0 amide bonds. The minimum Gasteiger partial charge on any atom is -0.508 e. The van der Waals surface area contributed by atoms with Gasteiger partial charge in [0.2, 0.25) is 0 Å². The Morgan fingerprint density at radius 1 is 1.17 bits per heavy atom. The summed E-state index contributed by atoms with van der Waals surface area (Å²) < 4.78 is 11.1. The van der Waals surface area contributed by atoms with Crippen molar-refractivity contribution in [3.8, 4) is 11.5 Å². The van der Waals surface area contributed by atoms with Gasteiger partial charge in [-0.25, -0.2) is 0 Å². The van der Waals surface area contributed by atoms with E-state index in [0.717, 1.165) is 36.2 Å². The van der Waals surface area contributed by atoms with Crippen LogP contribution in [0.3, 0.4) is 0 Å². The maximum atomic E-state index is 9.47. The van der Waals surface area contributed by atoms with Crippen LogP contribution >= 0.6 is 0 Å². The van der Waals surface area contributed by atoms with Gasteiger partial charge in [0.05, 0.1) is 13.2 Å². The Morgan fingerprint density at radius 3 is 2.89 bits per heavy atom. The molecule has 1 N–H and O–H groups in total. The van der Waals surface area contributed by atoms with Gasteiger partial charge in [-0.15, -0.1) is 0 Å².